The van der Waals surface area contributed by atoms with Crippen LogP contribution in [0.1, 0.15) is 13.8 Å². The first kappa shape index (κ1) is 13.8. The molecular formula is C9H19N5O2S. The molecule has 98 valence electrons. The molecule has 7 nitrogen and oxygen atoms in total. The second-order valence-electron chi connectivity index (χ2n) is 4.42. The van der Waals surface area contributed by atoms with Gasteiger partial charge in [0.15, 0.2) is 0 Å². The van der Waals surface area contributed by atoms with E-state index in [4.69, 9.17) is 5.73 Å². The largest absolute Gasteiger partial charge is 0.368 e. The van der Waals surface area contributed by atoms with E-state index in [0.29, 0.717) is 11.9 Å². The summed E-state index contributed by atoms with van der Waals surface area (Å²) in [4.78, 5) is 4.01. The molecule has 17 heavy (non-hydrogen) atoms. The zero-order valence-corrected chi connectivity index (χ0v) is 11.2. The number of sulfone groups is 1. The van der Waals surface area contributed by atoms with Crippen LogP contribution in [0.25, 0.3) is 0 Å². The molecule has 0 radical (unpaired) electrons. The van der Waals surface area contributed by atoms with Gasteiger partial charge < -0.3 is 11.1 Å². The summed E-state index contributed by atoms with van der Waals surface area (Å²) in [6.45, 7) is 5.10. The molecule has 1 rings (SSSR count). The van der Waals surface area contributed by atoms with Gasteiger partial charge in [-0.25, -0.2) is 13.1 Å². The quantitative estimate of drug-likeness (QED) is 0.745. The topological polar surface area (TPSA) is 103 Å². The van der Waals surface area contributed by atoms with Gasteiger partial charge in [0.25, 0.3) is 0 Å². The van der Waals surface area contributed by atoms with Gasteiger partial charge in [-0.3, -0.25) is 0 Å². The van der Waals surface area contributed by atoms with E-state index >= 15 is 0 Å². The van der Waals surface area contributed by atoms with E-state index in [-0.39, 0.29) is 18.2 Å². The third kappa shape index (κ3) is 5.03. The van der Waals surface area contributed by atoms with E-state index in [1.807, 2.05) is 0 Å². The lowest BCUT2D eigenvalue weighted by Crippen LogP contribution is -2.14. The minimum absolute atomic E-state index is 0.00415. The maximum absolute atomic E-state index is 11.0. The highest BCUT2D eigenvalue weighted by Crippen LogP contribution is 2.06. The van der Waals surface area contributed by atoms with Crippen molar-refractivity contribution >= 4 is 21.7 Å². The molecule has 0 atom stereocenters. The predicted molar refractivity (Wildman–Crippen MR) is 67.5 cm³/mol. The summed E-state index contributed by atoms with van der Waals surface area (Å²) in [6, 6.07) is 0. The summed E-state index contributed by atoms with van der Waals surface area (Å²) in [5, 5.41) is 7.12. The van der Waals surface area contributed by atoms with E-state index in [0.717, 1.165) is 6.54 Å². The van der Waals surface area contributed by atoms with Crippen LogP contribution in [-0.4, -0.2) is 41.7 Å². The van der Waals surface area contributed by atoms with Crippen LogP contribution in [-0.2, 0) is 16.4 Å². The molecule has 0 saturated heterocycles. The van der Waals surface area contributed by atoms with Gasteiger partial charge in [0.1, 0.15) is 9.84 Å². The fourth-order valence-electron chi connectivity index (χ4n) is 1.14. The second-order valence-corrected chi connectivity index (χ2v) is 6.68. The summed E-state index contributed by atoms with van der Waals surface area (Å²) >= 11 is 0. The third-order valence-corrected chi connectivity index (χ3v) is 2.97. The Balaban J connectivity index is 2.62. The lowest BCUT2D eigenvalue weighted by atomic mass is 10.2. The molecule has 0 aliphatic carbocycles. The van der Waals surface area contributed by atoms with Gasteiger partial charge in [-0.05, 0) is 5.92 Å². The number of hydrogen-bond donors (Lipinski definition) is 2. The number of nitrogens with two attached hydrogens (primary N) is 1. The predicted octanol–water partition coefficient (Wildman–Crippen LogP) is -0.0272. The van der Waals surface area contributed by atoms with E-state index in [9.17, 15) is 8.42 Å². The van der Waals surface area contributed by atoms with Gasteiger partial charge >= 0.3 is 0 Å². The number of nitrogens with zero attached hydrogens (tertiary/aromatic N) is 3. The SMILES string of the molecule is CC(C)CNc1nc(N)n(CCS(C)(=O)=O)n1. The fraction of sp³-hybridized carbons (Fsp3) is 0.778. The molecule has 0 aromatic carbocycles. The van der Waals surface area contributed by atoms with Crippen molar-refractivity contribution in [2.75, 3.05) is 29.6 Å². The van der Waals surface area contributed by atoms with E-state index in [1.54, 1.807) is 0 Å². The highest BCUT2D eigenvalue weighted by molar-refractivity contribution is 7.90. The Morgan fingerprint density at radius 3 is 2.65 bits per heavy atom. The van der Waals surface area contributed by atoms with Crippen molar-refractivity contribution in [3.05, 3.63) is 0 Å². The van der Waals surface area contributed by atoms with Crippen molar-refractivity contribution < 1.29 is 8.42 Å². The molecule has 0 fully saturated rings. The number of aryl methyl sites for hydroxylation is 1. The van der Waals surface area contributed by atoms with Crippen molar-refractivity contribution in [2.45, 2.75) is 20.4 Å². The Kier molecular flexibility index (Phi) is 4.33. The molecule has 1 heterocycles. The number of aromatic nitrogens is 3. The minimum atomic E-state index is -3.02. The minimum Gasteiger partial charge on any atom is -0.368 e. The van der Waals surface area contributed by atoms with Gasteiger partial charge in [0.05, 0.1) is 12.3 Å². The summed E-state index contributed by atoms with van der Waals surface area (Å²) in [6.07, 6.45) is 1.18. The molecule has 0 saturated carbocycles. The number of anilines is 2. The third-order valence-electron chi connectivity index (χ3n) is 2.04. The number of hydrogen-bond acceptors (Lipinski definition) is 6. The van der Waals surface area contributed by atoms with Crippen molar-refractivity contribution in [2.24, 2.45) is 5.92 Å². The first-order chi connectivity index (χ1) is 7.78. The molecule has 3 N–H and O–H groups in total. The molecule has 0 amide bonds. The van der Waals surface area contributed by atoms with Crippen molar-refractivity contribution in [1.82, 2.24) is 14.8 Å². The van der Waals surface area contributed by atoms with Crippen LogP contribution in [0, 0.1) is 5.92 Å². The smallest absolute Gasteiger partial charge is 0.243 e. The maximum Gasteiger partial charge on any atom is 0.243 e. The van der Waals surface area contributed by atoms with Crippen molar-refractivity contribution in [1.29, 1.82) is 0 Å². The van der Waals surface area contributed by atoms with Crippen LogP contribution in [0.15, 0.2) is 0 Å². The van der Waals surface area contributed by atoms with Crippen LogP contribution in [0.5, 0.6) is 0 Å². The van der Waals surface area contributed by atoms with Gasteiger partial charge in [0.2, 0.25) is 11.9 Å². The first-order valence-corrected chi connectivity index (χ1v) is 7.46. The average Bonchev–Trinajstić information content (AvgIpc) is 2.52. The van der Waals surface area contributed by atoms with Gasteiger partial charge in [-0.2, -0.15) is 4.98 Å². The maximum atomic E-state index is 11.0. The van der Waals surface area contributed by atoms with Crippen molar-refractivity contribution in [3.63, 3.8) is 0 Å². The summed E-state index contributed by atoms with van der Waals surface area (Å²) in [5.74, 6) is 1.13. The van der Waals surface area contributed by atoms with E-state index in [2.05, 4.69) is 29.2 Å². The van der Waals surface area contributed by atoms with Crippen LogP contribution in [0.4, 0.5) is 11.9 Å². The Morgan fingerprint density at radius 2 is 2.12 bits per heavy atom. The molecule has 0 aliphatic heterocycles. The summed E-state index contributed by atoms with van der Waals surface area (Å²) in [5.41, 5.74) is 5.63. The van der Waals surface area contributed by atoms with E-state index in [1.165, 1.54) is 10.9 Å². The van der Waals surface area contributed by atoms with Crippen LogP contribution < -0.4 is 11.1 Å². The van der Waals surface area contributed by atoms with Crippen molar-refractivity contribution in [3.8, 4) is 0 Å². The number of nitrogens with one attached hydrogen (secondary N) is 1. The molecule has 0 spiro atoms. The Hall–Kier alpha value is -1.31. The molecular weight excluding hydrogens is 242 g/mol. The zero-order chi connectivity index (χ0) is 13.1. The van der Waals surface area contributed by atoms with Gasteiger partial charge in [-0.1, -0.05) is 13.8 Å². The Bertz CT molecular complexity index is 466. The molecule has 0 bridgehead atoms. The molecule has 0 aliphatic rings. The van der Waals surface area contributed by atoms with Crippen LogP contribution in [0.3, 0.4) is 0 Å². The highest BCUT2D eigenvalue weighted by atomic mass is 32.2. The Morgan fingerprint density at radius 1 is 1.47 bits per heavy atom. The van der Waals surface area contributed by atoms with Gasteiger partial charge in [0, 0.05) is 12.8 Å². The average molecular weight is 261 g/mol. The lowest BCUT2D eigenvalue weighted by Gasteiger charge is -2.03. The summed E-state index contributed by atoms with van der Waals surface area (Å²) in [7, 11) is -3.02. The number of nitrogen functional groups attached to an aromatic ring is 1. The summed E-state index contributed by atoms with van der Waals surface area (Å²) < 4.78 is 23.4. The molecule has 1 aromatic heterocycles. The number of rotatable bonds is 6. The van der Waals surface area contributed by atoms with Gasteiger partial charge in [-0.15, -0.1) is 5.10 Å². The van der Waals surface area contributed by atoms with Crippen LogP contribution >= 0.6 is 0 Å². The standard InChI is InChI=1S/C9H19N5O2S/c1-7(2)6-11-9-12-8(10)14(13-9)4-5-17(3,15)16/h7H,4-6H2,1-3H3,(H3,10,11,12,13). The Labute approximate surface area is 101 Å². The molecule has 0 unspecified atom stereocenters. The second kappa shape index (κ2) is 5.35. The monoisotopic (exact) mass is 261 g/mol. The first-order valence-electron chi connectivity index (χ1n) is 5.40. The fourth-order valence-corrected chi connectivity index (χ4v) is 1.65. The highest BCUT2D eigenvalue weighted by Gasteiger charge is 2.09. The zero-order valence-electron chi connectivity index (χ0n) is 10.3. The molecule has 1 aromatic rings. The van der Waals surface area contributed by atoms with Crippen LogP contribution in [0.2, 0.25) is 0 Å². The normalized spacial score (nSPS) is 12.0. The molecule has 8 heteroatoms. The lowest BCUT2D eigenvalue weighted by molar-refractivity contribution is 0.587. The van der Waals surface area contributed by atoms with E-state index < -0.39 is 9.84 Å².